The average molecular weight is 732 g/mol. The van der Waals surface area contributed by atoms with E-state index in [9.17, 15) is 19.2 Å². The van der Waals surface area contributed by atoms with E-state index in [0.29, 0.717) is 38.5 Å². The number of ketones is 4. The number of halogens is 4. The van der Waals surface area contributed by atoms with Crippen LogP contribution in [0, 0.1) is 21.7 Å². The maximum absolute atomic E-state index is 14.1. The monoisotopic (exact) mass is 728 g/mol. The van der Waals surface area contributed by atoms with Crippen LogP contribution >= 0.6 is 63.7 Å². The Morgan fingerprint density at radius 2 is 0.529 bits per heavy atom. The zero-order valence-corrected chi connectivity index (χ0v) is 27.7. The van der Waals surface area contributed by atoms with Gasteiger partial charge in [0.2, 0.25) is 0 Å². The lowest BCUT2D eigenvalue weighted by atomic mass is 9.32. The number of carbonyl (C=O) groups is 4. The van der Waals surface area contributed by atoms with Gasteiger partial charge >= 0.3 is 0 Å². The van der Waals surface area contributed by atoms with Crippen molar-refractivity contribution in [3.05, 3.63) is 0 Å². The number of alkyl halides is 4. The quantitative estimate of drug-likeness (QED) is 0.246. The standard InChI is InChI=1S/C26H36Br4O4/c1-19(2,27)15(31)23-9-24(16(32)20(3,4)28)12-25(10-23,17(33)21(5,6)29)14-26(11-23,13-24)18(34)22(7,8)30/h9-14H2,1-8H3. The van der Waals surface area contributed by atoms with E-state index in [1.807, 2.05) is 55.4 Å². The highest BCUT2D eigenvalue weighted by atomic mass is 79.9. The minimum atomic E-state index is -0.933. The molecule has 0 spiro atoms. The summed E-state index contributed by atoms with van der Waals surface area (Å²) in [5.41, 5.74) is -3.73. The zero-order chi connectivity index (χ0) is 26.6. The van der Waals surface area contributed by atoms with Gasteiger partial charge in [-0.05, 0) is 93.9 Å². The third-order valence-corrected chi connectivity index (χ3v) is 9.59. The predicted octanol–water partition coefficient (Wildman–Crippen LogP) is 7.28. The van der Waals surface area contributed by atoms with E-state index in [4.69, 9.17) is 0 Å². The van der Waals surface area contributed by atoms with Crippen LogP contribution in [0.2, 0.25) is 0 Å². The van der Waals surface area contributed by atoms with Crippen molar-refractivity contribution in [1.82, 2.24) is 0 Å². The summed E-state index contributed by atoms with van der Waals surface area (Å²) < 4.78 is -3.35. The van der Waals surface area contributed by atoms with Crippen LogP contribution in [0.15, 0.2) is 0 Å². The van der Waals surface area contributed by atoms with E-state index in [1.165, 1.54) is 0 Å². The van der Waals surface area contributed by atoms with Crippen molar-refractivity contribution in [3.8, 4) is 0 Å². The van der Waals surface area contributed by atoms with Crippen LogP contribution in [0.5, 0.6) is 0 Å². The topological polar surface area (TPSA) is 68.3 Å². The van der Waals surface area contributed by atoms with Gasteiger partial charge < -0.3 is 0 Å². The minimum Gasteiger partial charge on any atom is -0.298 e. The van der Waals surface area contributed by atoms with E-state index in [0.717, 1.165) is 0 Å². The maximum atomic E-state index is 14.1. The second kappa shape index (κ2) is 8.05. The lowest BCUT2D eigenvalue weighted by molar-refractivity contribution is -0.207. The van der Waals surface area contributed by atoms with Gasteiger partial charge in [0.1, 0.15) is 0 Å². The second-order valence-electron chi connectivity index (χ2n) is 13.4. The molecule has 4 aliphatic carbocycles. The molecule has 0 aromatic heterocycles. The molecule has 0 unspecified atom stereocenters. The van der Waals surface area contributed by atoms with Crippen LogP contribution in [-0.2, 0) is 19.2 Å². The summed E-state index contributed by atoms with van der Waals surface area (Å²) in [7, 11) is 0. The molecule has 0 N–H and O–H groups in total. The summed E-state index contributed by atoms with van der Waals surface area (Å²) in [5.74, 6) is -0.0638. The Morgan fingerprint density at radius 3 is 0.618 bits per heavy atom. The van der Waals surface area contributed by atoms with Crippen molar-refractivity contribution < 1.29 is 19.2 Å². The van der Waals surface area contributed by atoms with Crippen LogP contribution < -0.4 is 0 Å². The fraction of sp³-hybridized carbons (Fsp3) is 0.846. The number of hydrogen-bond acceptors (Lipinski definition) is 4. The van der Waals surface area contributed by atoms with Gasteiger partial charge in [0, 0.05) is 21.7 Å². The lowest BCUT2D eigenvalue weighted by Crippen LogP contribution is -2.72. The summed E-state index contributed by atoms with van der Waals surface area (Å²) in [6.07, 6.45) is 2.32. The van der Waals surface area contributed by atoms with Gasteiger partial charge in [-0.1, -0.05) is 63.7 Å². The Labute approximate surface area is 237 Å². The summed E-state index contributed by atoms with van der Waals surface area (Å²) >= 11 is 14.3. The number of rotatable bonds is 8. The first kappa shape index (κ1) is 29.2. The molecular weight excluding hydrogens is 696 g/mol. The molecule has 34 heavy (non-hydrogen) atoms. The van der Waals surface area contributed by atoms with E-state index in [1.54, 1.807) is 0 Å². The molecular formula is C26H36Br4O4. The average Bonchev–Trinajstić information content (AvgIpc) is 2.61. The van der Waals surface area contributed by atoms with E-state index in [2.05, 4.69) is 63.7 Å². The highest BCUT2D eigenvalue weighted by Gasteiger charge is 2.77. The first-order chi connectivity index (χ1) is 14.9. The largest absolute Gasteiger partial charge is 0.298 e. The Balaban J connectivity index is 2.39. The van der Waals surface area contributed by atoms with E-state index in [-0.39, 0.29) is 23.1 Å². The third kappa shape index (κ3) is 4.55. The Bertz CT molecular complexity index is 764. The van der Waals surface area contributed by atoms with Crippen molar-refractivity contribution in [2.24, 2.45) is 21.7 Å². The normalized spacial score (nSPS) is 35.9. The van der Waals surface area contributed by atoms with Crippen molar-refractivity contribution >= 4 is 86.9 Å². The number of carbonyl (C=O) groups excluding carboxylic acids is 4. The molecule has 0 saturated heterocycles. The molecule has 0 atom stereocenters. The molecule has 8 heteroatoms. The smallest absolute Gasteiger partial charge is 0.155 e. The summed E-state index contributed by atoms with van der Waals surface area (Å²) in [6, 6.07) is 0. The highest BCUT2D eigenvalue weighted by Crippen LogP contribution is 2.76. The fourth-order valence-electron chi connectivity index (χ4n) is 8.12. The van der Waals surface area contributed by atoms with Crippen LogP contribution in [0.3, 0.4) is 0 Å². The number of hydrogen-bond donors (Lipinski definition) is 0. The van der Waals surface area contributed by atoms with Crippen molar-refractivity contribution in [3.63, 3.8) is 0 Å². The van der Waals surface area contributed by atoms with Gasteiger partial charge in [0.15, 0.2) is 23.1 Å². The van der Waals surface area contributed by atoms with Crippen molar-refractivity contribution in [2.75, 3.05) is 0 Å². The molecule has 0 amide bonds. The van der Waals surface area contributed by atoms with Gasteiger partial charge in [0.05, 0.1) is 17.3 Å². The molecule has 4 aliphatic rings. The Hall–Kier alpha value is 0.600. The highest BCUT2D eigenvalue weighted by molar-refractivity contribution is 9.10. The summed E-state index contributed by atoms with van der Waals surface area (Å²) in [4.78, 5) is 56.6. The maximum Gasteiger partial charge on any atom is 0.155 e. The predicted molar refractivity (Wildman–Crippen MR) is 149 cm³/mol. The van der Waals surface area contributed by atoms with Crippen molar-refractivity contribution in [1.29, 1.82) is 0 Å². The molecule has 0 aromatic carbocycles. The van der Waals surface area contributed by atoms with Crippen molar-refractivity contribution in [2.45, 2.75) is 111 Å². The molecule has 0 aromatic rings. The molecule has 4 fully saturated rings. The summed E-state index contributed by atoms with van der Waals surface area (Å²) in [6.45, 7) is 14.6. The Kier molecular flexibility index (Phi) is 6.90. The first-order valence-corrected chi connectivity index (χ1v) is 15.0. The molecule has 4 saturated carbocycles. The van der Waals surface area contributed by atoms with Crippen LogP contribution in [0.1, 0.15) is 93.9 Å². The zero-order valence-electron chi connectivity index (χ0n) is 21.4. The van der Waals surface area contributed by atoms with Gasteiger partial charge in [-0.25, -0.2) is 0 Å². The van der Waals surface area contributed by atoms with Crippen LogP contribution in [0.25, 0.3) is 0 Å². The second-order valence-corrected chi connectivity index (χ2v) is 21.3. The molecule has 0 radical (unpaired) electrons. The molecule has 4 rings (SSSR count). The van der Waals surface area contributed by atoms with Crippen LogP contribution in [0.4, 0.5) is 0 Å². The molecule has 0 aliphatic heterocycles. The van der Waals surface area contributed by atoms with Crippen LogP contribution in [-0.4, -0.2) is 40.4 Å². The fourth-order valence-corrected chi connectivity index (χ4v) is 9.80. The number of Topliss-reactive ketones (excluding diaryl/α,β-unsaturated/α-hetero) is 4. The first-order valence-electron chi connectivity index (χ1n) is 11.8. The van der Waals surface area contributed by atoms with E-state index >= 15 is 0 Å². The van der Waals surface area contributed by atoms with E-state index < -0.39 is 39.0 Å². The molecule has 4 nitrogen and oxygen atoms in total. The lowest BCUT2D eigenvalue weighted by Gasteiger charge is -2.70. The molecule has 192 valence electrons. The van der Waals surface area contributed by atoms with Gasteiger partial charge in [-0.2, -0.15) is 0 Å². The SMILES string of the molecule is CC(C)(Br)C(=O)C12CC3(C(=O)C(C)(C)Br)CC(C(=O)C(C)(C)Br)(C1)CC(C(=O)C(C)(C)Br)(C2)C3. The van der Waals surface area contributed by atoms with Gasteiger partial charge in [-0.3, -0.25) is 19.2 Å². The van der Waals surface area contributed by atoms with Gasteiger partial charge in [-0.15, -0.1) is 0 Å². The Morgan fingerprint density at radius 1 is 0.412 bits per heavy atom. The minimum absolute atomic E-state index is 0.0160. The third-order valence-electron chi connectivity index (χ3n) is 8.15. The summed E-state index contributed by atoms with van der Waals surface area (Å²) in [5, 5.41) is 0. The molecule has 4 bridgehead atoms. The molecule has 0 heterocycles. The van der Waals surface area contributed by atoms with Gasteiger partial charge in [0.25, 0.3) is 0 Å².